The van der Waals surface area contributed by atoms with Crippen LogP contribution in [-0.2, 0) is 14.3 Å². The number of rotatable bonds is 6. The first kappa shape index (κ1) is 16.6. The molecular formula is C14H17FN2O4. The van der Waals surface area contributed by atoms with E-state index in [-0.39, 0.29) is 11.5 Å². The van der Waals surface area contributed by atoms with Crippen LogP contribution < -0.4 is 11.1 Å². The standard InChI is InChI=1S/C14H17FN2O4/c1-8(2)12(14(20)21-7-11(16)18)17-13(19)9-3-5-10(15)6-4-9/h3-6,8,12H,7H2,1-2H3,(H2,16,18)(H,17,19)/t12-/m0/s1. The Labute approximate surface area is 121 Å². The van der Waals surface area contributed by atoms with Gasteiger partial charge in [0.2, 0.25) is 0 Å². The van der Waals surface area contributed by atoms with E-state index in [4.69, 9.17) is 10.5 Å². The van der Waals surface area contributed by atoms with E-state index >= 15 is 0 Å². The first-order chi connectivity index (χ1) is 9.81. The maximum atomic E-state index is 12.8. The minimum absolute atomic E-state index is 0.213. The number of esters is 1. The molecule has 0 radical (unpaired) electrons. The predicted molar refractivity (Wildman–Crippen MR) is 72.6 cm³/mol. The quantitative estimate of drug-likeness (QED) is 0.751. The molecule has 3 N–H and O–H groups in total. The molecular weight excluding hydrogens is 279 g/mol. The molecule has 1 aromatic carbocycles. The highest BCUT2D eigenvalue weighted by Gasteiger charge is 2.26. The van der Waals surface area contributed by atoms with Gasteiger partial charge in [-0.25, -0.2) is 9.18 Å². The molecule has 7 heteroatoms. The molecule has 1 atom stereocenters. The summed E-state index contributed by atoms with van der Waals surface area (Å²) in [6.45, 7) is 2.87. The average molecular weight is 296 g/mol. The van der Waals surface area contributed by atoms with E-state index < -0.39 is 36.2 Å². The molecule has 2 amide bonds. The van der Waals surface area contributed by atoms with Gasteiger partial charge in [-0.2, -0.15) is 0 Å². The van der Waals surface area contributed by atoms with Crippen LogP contribution in [0.15, 0.2) is 24.3 Å². The maximum Gasteiger partial charge on any atom is 0.329 e. The molecule has 0 saturated carbocycles. The minimum Gasteiger partial charge on any atom is -0.454 e. The van der Waals surface area contributed by atoms with Gasteiger partial charge in [-0.3, -0.25) is 9.59 Å². The normalized spacial score (nSPS) is 11.8. The van der Waals surface area contributed by atoms with Crippen LogP contribution in [0.4, 0.5) is 4.39 Å². The van der Waals surface area contributed by atoms with E-state index in [0.717, 1.165) is 12.1 Å². The molecule has 0 aliphatic rings. The molecule has 21 heavy (non-hydrogen) atoms. The predicted octanol–water partition coefficient (Wildman–Crippen LogP) is 0.609. The fourth-order valence-corrected chi connectivity index (χ4v) is 1.56. The zero-order valence-corrected chi connectivity index (χ0v) is 11.8. The van der Waals surface area contributed by atoms with Gasteiger partial charge in [0.1, 0.15) is 11.9 Å². The molecule has 1 aromatic rings. The van der Waals surface area contributed by atoms with Gasteiger partial charge in [0.15, 0.2) is 6.61 Å². The molecule has 0 unspecified atom stereocenters. The number of hydrogen-bond donors (Lipinski definition) is 2. The van der Waals surface area contributed by atoms with Crippen molar-refractivity contribution in [2.75, 3.05) is 6.61 Å². The van der Waals surface area contributed by atoms with E-state index in [9.17, 15) is 18.8 Å². The van der Waals surface area contributed by atoms with Gasteiger partial charge in [0.05, 0.1) is 0 Å². The minimum atomic E-state index is -0.929. The topological polar surface area (TPSA) is 98.5 Å². The second-order valence-electron chi connectivity index (χ2n) is 4.78. The molecule has 0 aliphatic heterocycles. The highest BCUT2D eigenvalue weighted by atomic mass is 19.1. The van der Waals surface area contributed by atoms with E-state index in [1.54, 1.807) is 13.8 Å². The molecule has 0 heterocycles. The summed E-state index contributed by atoms with van der Waals surface area (Å²) < 4.78 is 17.5. The summed E-state index contributed by atoms with van der Waals surface area (Å²) in [7, 11) is 0. The number of nitrogens with two attached hydrogens (primary N) is 1. The average Bonchev–Trinajstić information content (AvgIpc) is 2.42. The second kappa shape index (κ2) is 7.37. The van der Waals surface area contributed by atoms with Crippen molar-refractivity contribution in [3.63, 3.8) is 0 Å². The summed E-state index contributed by atoms with van der Waals surface area (Å²) in [5.41, 5.74) is 5.10. The van der Waals surface area contributed by atoms with Crippen molar-refractivity contribution >= 4 is 17.8 Å². The van der Waals surface area contributed by atoms with Gasteiger partial charge in [-0.15, -0.1) is 0 Å². The van der Waals surface area contributed by atoms with E-state index in [0.29, 0.717) is 0 Å². The zero-order chi connectivity index (χ0) is 16.0. The molecule has 1 rings (SSSR count). The summed E-state index contributed by atoms with van der Waals surface area (Å²) in [6, 6.07) is 3.96. The highest BCUT2D eigenvalue weighted by molar-refractivity contribution is 5.97. The number of halogens is 1. The Morgan fingerprint density at radius 2 is 1.81 bits per heavy atom. The lowest BCUT2D eigenvalue weighted by atomic mass is 10.0. The molecule has 0 aliphatic carbocycles. The molecule has 0 fully saturated rings. The van der Waals surface area contributed by atoms with Gasteiger partial charge in [-0.05, 0) is 30.2 Å². The van der Waals surface area contributed by atoms with Crippen LogP contribution in [0, 0.1) is 11.7 Å². The fraction of sp³-hybridized carbons (Fsp3) is 0.357. The summed E-state index contributed by atoms with van der Waals surface area (Å²) in [5.74, 6) is -2.79. The molecule has 0 bridgehead atoms. The first-order valence-electron chi connectivity index (χ1n) is 6.32. The van der Waals surface area contributed by atoms with Gasteiger partial charge >= 0.3 is 5.97 Å². The lowest BCUT2D eigenvalue weighted by Gasteiger charge is -2.20. The summed E-state index contributed by atoms with van der Waals surface area (Å²) >= 11 is 0. The van der Waals surface area contributed by atoms with Gasteiger partial charge in [0.25, 0.3) is 11.8 Å². The monoisotopic (exact) mass is 296 g/mol. The Balaban J connectivity index is 2.73. The third-order valence-corrected chi connectivity index (χ3v) is 2.67. The van der Waals surface area contributed by atoms with Crippen LogP contribution >= 0.6 is 0 Å². The van der Waals surface area contributed by atoms with Crippen molar-refractivity contribution in [1.29, 1.82) is 0 Å². The number of carbonyl (C=O) groups excluding carboxylic acids is 3. The van der Waals surface area contributed by atoms with Crippen molar-refractivity contribution in [3.05, 3.63) is 35.6 Å². The van der Waals surface area contributed by atoms with Crippen molar-refractivity contribution in [1.82, 2.24) is 5.32 Å². The second-order valence-corrected chi connectivity index (χ2v) is 4.78. The van der Waals surface area contributed by atoms with Crippen LogP contribution in [0.1, 0.15) is 24.2 Å². The SMILES string of the molecule is CC(C)[C@H](NC(=O)c1ccc(F)cc1)C(=O)OCC(N)=O. The van der Waals surface area contributed by atoms with E-state index in [2.05, 4.69) is 5.32 Å². The van der Waals surface area contributed by atoms with Gasteiger partial charge in [-0.1, -0.05) is 13.8 Å². The lowest BCUT2D eigenvalue weighted by molar-refractivity contribution is -0.150. The summed E-state index contributed by atoms with van der Waals surface area (Å²) in [4.78, 5) is 34.4. The summed E-state index contributed by atoms with van der Waals surface area (Å²) in [6.07, 6.45) is 0. The Kier molecular flexibility index (Phi) is 5.83. The van der Waals surface area contributed by atoms with Crippen LogP contribution in [0.3, 0.4) is 0 Å². The van der Waals surface area contributed by atoms with Crippen LogP contribution in [0.25, 0.3) is 0 Å². The zero-order valence-electron chi connectivity index (χ0n) is 11.8. The first-order valence-corrected chi connectivity index (χ1v) is 6.32. The number of ether oxygens (including phenoxy) is 1. The Bertz CT molecular complexity index is 528. The van der Waals surface area contributed by atoms with Crippen molar-refractivity contribution < 1.29 is 23.5 Å². The molecule has 0 saturated heterocycles. The van der Waals surface area contributed by atoms with Crippen molar-refractivity contribution in [2.45, 2.75) is 19.9 Å². The number of carbonyl (C=O) groups is 3. The van der Waals surface area contributed by atoms with Gasteiger partial charge < -0.3 is 15.8 Å². The van der Waals surface area contributed by atoms with Crippen LogP contribution in [0.5, 0.6) is 0 Å². The summed E-state index contributed by atoms with van der Waals surface area (Å²) in [5, 5.41) is 2.49. The molecule has 0 spiro atoms. The number of hydrogen-bond acceptors (Lipinski definition) is 4. The number of benzene rings is 1. The third kappa shape index (κ3) is 5.21. The Morgan fingerprint density at radius 3 is 2.29 bits per heavy atom. The highest BCUT2D eigenvalue weighted by Crippen LogP contribution is 2.08. The number of amides is 2. The molecule has 0 aromatic heterocycles. The van der Waals surface area contributed by atoms with E-state index in [1.807, 2.05) is 0 Å². The smallest absolute Gasteiger partial charge is 0.329 e. The van der Waals surface area contributed by atoms with Crippen LogP contribution in [-0.4, -0.2) is 30.4 Å². The lowest BCUT2D eigenvalue weighted by Crippen LogP contribution is -2.46. The number of nitrogens with one attached hydrogen (secondary N) is 1. The Morgan fingerprint density at radius 1 is 1.24 bits per heavy atom. The third-order valence-electron chi connectivity index (χ3n) is 2.67. The fourth-order valence-electron chi connectivity index (χ4n) is 1.56. The van der Waals surface area contributed by atoms with Crippen molar-refractivity contribution in [3.8, 4) is 0 Å². The largest absolute Gasteiger partial charge is 0.454 e. The van der Waals surface area contributed by atoms with Crippen LogP contribution in [0.2, 0.25) is 0 Å². The molecule has 6 nitrogen and oxygen atoms in total. The van der Waals surface area contributed by atoms with Gasteiger partial charge in [0, 0.05) is 5.56 Å². The maximum absolute atomic E-state index is 12.8. The van der Waals surface area contributed by atoms with Crippen molar-refractivity contribution in [2.24, 2.45) is 11.7 Å². The number of primary amides is 1. The van der Waals surface area contributed by atoms with E-state index in [1.165, 1.54) is 12.1 Å². The Hall–Kier alpha value is -2.44. The molecule has 114 valence electrons.